The maximum absolute atomic E-state index is 12.4. The topological polar surface area (TPSA) is 61.8 Å². The summed E-state index contributed by atoms with van der Waals surface area (Å²) >= 11 is 0. The van der Waals surface area contributed by atoms with Gasteiger partial charge in [0.2, 0.25) is 0 Å². The van der Waals surface area contributed by atoms with Crippen LogP contribution in [0, 0.1) is 0 Å². The van der Waals surface area contributed by atoms with Crippen molar-refractivity contribution in [3.63, 3.8) is 0 Å². The van der Waals surface area contributed by atoms with E-state index < -0.39 is 0 Å². The van der Waals surface area contributed by atoms with E-state index in [1.54, 1.807) is 19.1 Å². The number of ketones is 1. The van der Waals surface area contributed by atoms with Gasteiger partial charge < -0.3 is 14.2 Å². The van der Waals surface area contributed by atoms with Crippen molar-refractivity contribution in [3.05, 3.63) is 91.0 Å². The molecule has 0 saturated carbocycles. The summed E-state index contributed by atoms with van der Waals surface area (Å²) < 4.78 is 16.1. The summed E-state index contributed by atoms with van der Waals surface area (Å²) in [5.74, 6) is 0.375. The average Bonchev–Trinajstić information content (AvgIpc) is 2.81. The van der Waals surface area contributed by atoms with E-state index in [0.29, 0.717) is 36.5 Å². The highest BCUT2D eigenvalue weighted by Crippen LogP contribution is 2.16. The van der Waals surface area contributed by atoms with Gasteiger partial charge in [0, 0.05) is 23.3 Å². The minimum absolute atomic E-state index is 0.00606. The molecule has 5 nitrogen and oxygen atoms in total. The molecule has 0 aliphatic heterocycles. The van der Waals surface area contributed by atoms with E-state index in [2.05, 4.69) is 19.7 Å². The Kier molecular flexibility index (Phi) is 13.0. The van der Waals surface area contributed by atoms with E-state index in [9.17, 15) is 9.59 Å². The third-order valence-corrected chi connectivity index (χ3v) is 4.16. The van der Waals surface area contributed by atoms with Gasteiger partial charge in [0.15, 0.2) is 5.78 Å². The highest BCUT2D eigenvalue weighted by atomic mass is 16.6. The lowest BCUT2D eigenvalue weighted by Crippen LogP contribution is -2.11. The monoisotopic (exact) mass is 424 g/mol. The molecule has 5 heteroatoms. The van der Waals surface area contributed by atoms with Crippen molar-refractivity contribution in [1.82, 2.24) is 0 Å². The van der Waals surface area contributed by atoms with Crippen molar-refractivity contribution in [2.45, 2.75) is 26.2 Å². The van der Waals surface area contributed by atoms with Crippen molar-refractivity contribution in [2.24, 2.45) is 0 Å². The fourth-order valence-electron chi connectivity index (χ4n) is 2.55. The van der Waals surface area contributed by atoms with Gasteiger partial charge in [-0.2, -0.15) is 0 Å². The van der Waals surface area contributed by atoms with Crippen LogP contribution < -0.4 is 4.74 Å². The maximum Gasteiger partial charge on any atom is 0.333 e. The number of ether oxygens (including phenoxy) is 3. The normalized spacial score (nSPS) is 9.84. The van der Waals surface area contributed by atoms with Crippen LogP contribution in [0.25, 0.3) is 0 Å². The molecule has 0 heterocycles. The maximum atomic E-state index is 12.4. The van der Waals surface area contributed by atoms with Crippen LogP contribution >= 0.6 is 0 Å². The van der Waals surface area contributed by atoms with Crippen LogP contribution in [0.3, 0.4) is 0 Å². The predicted molar refractivity (Wildman–Crippen MR) is 124 cm³/mol. The first kappa shape index (κ1) is 25.9. The summed E-state index contributed by atoms with van der Waals surface area (Å²) in [7, 11) is 0. The van der Waals surface area contributed by atoms with Crippen molar-refractivity contribution in [3.8, 4) is 5.75 Å². The number of carbonyl (C=O) groups is 2. The van der Waals surface area contributed by atoms with Gasteiger partial charge in [0.05, 0.1) is 13.2 Å². The predicted octanol–water partition coefficient (Wildman–Crippen LogP) is 5.40. The largest absolute Gasteiger partial charge is 0.494 e. The fourth-order valence-corrected chi connectivity index (χ4v) is 2.55. The zero-order chi connectivity index (χ0) is 22.9. The van der Waals surface area contributed by atoms with E-state index >= 15 is 0 Å². The molecule has 0 saturated heterocycles. The first-order valence-electron chi connectivity index (χ1n) is 10.3. The first-order valence-corrected chi connectivity index (χ1v) is 10.3. The standard InChI is InChI=1S/C24H28O5.C2H4/c1-19(2)24(26)29-18-17-27-15-7-4-8-16-28-22-13-11-21(12-14-22)23(25)20-9-5-3-6-10-20;1-2/h3,5-6,9-14H,1,4,7-8,15-18H2,2H3;1-2H2. The molecule has 0 aliphatic rings. The molecule has 0 bridgehead atoms. The van der Waals surface area contributed by atoms with Crippen LogP contribution in [0.2, 0.25) is 0 Å². The Morgan fingerprint density at radius 1 is 0.774 bits per heavy atom. The molecule has 0 fully saturated rings. The van der Waals surface area contributed by atoms with Gasteiger partial charge in [0.25, 0.3) is 0 Å². The van der Waals surface area contributed by atoms with Gasteiger partial charge in [-0.05, 0) is 50.5 Å². The Morgan fingerprint density at radius 2 is 1.39 bits per heavy atom. The van der Waals surface area contributed by atoms with Crippen LogP contribution in [-0.4, -0.2) is 38.2 Å². The molecule has 0 N–H and O–H groups in total. The molecule has 0 amide bonds. The number of unbranched alkanes of at least 4 members (excludes halogenated alkanes) is 2. The Labute approximate surface area is 185 Å². The Bertz CT molecular complexity index is 796. The summed E-state index contributed by atoms with van der Waals surface area (Å²) in [5, 5.41) is 0. The van der Waals surface area contributed by atoms with Gasteiger partial charge in [-0.15, -0.1) is 13.2 Å². The van der Waals surface area contributed by atoms with E-state index in [4.69, 9.17) is 14.2 Å². The van der Waals surface area contributed by atoms with Crippen LogP contribution in [0.5, 0.6) is 5.75 Å². The van der Waals surface area contributed by atoms with Crippen LogP contribution in [-0.2, 0) is 14.3 Å². The summed E-state index contributed by atoms with van der Waals surface area (Å²) in [6.45, 7) is 13.0. The van der Waals surface area contributed by atoms with Gasteiger partial charge in [-0.25, -0.2) is 4.79 Å². The smallest absolute Gasteiger partial charge is 0.333 e. The third-order valence-electron chi connectivity index (χ3n) is 4.16. The molecular weight excluding hydrogens is 392 g/mol. The Hall–Kier alpha value is -3.18. The molecule has 31 heavy (non-hydrogen) atoms. The summed E-state index contributed by atoms with van der Waals surface area (Å²) in [4.78, 5) is 23.5. The molecule has 2 rings (SSSR count). The van der Waals surface area contributed by atoms with E-state index in [-0.39, 0.29) is 18.4 Å². The molecule has 0 atom stereocenters. The quantitative estimate of drug-likeness (QED) is 0.142. The zero-order valence-corrected chi connectivity index (χ0v) is 18.3. The fraction of sp³-hybridized carbons (Fsp3) is 0.308. The van der Waals surface area contributed by atoms with Crippen molar-refractivity contribution < 1.29 is 23.8 Å². The summed E-state index contributed by atoms with van der Waals surface area (Å²) in [5.41, 5.74) is 1.72. The highest BCUT2D eigenvalue weighted by molar-refractivity contribution is 6.08. The number of carbonyl (C=O) groups excluding carboxylic acids is 2. The number of benzene rings is 2. The summed E-state index contributed by atoms with van der Waals surface area (Å²) in [6.07, 6.45) is 2.82. The van der Waals surface area contributed by atoms with Crippen molar-refractivity contribution in [2.75, 3.05) is 26.4 Å². The number of esters is 1. The second kappa shape index (κ2) is 15.6. The van der Waals surface area contributed by atoms with Gasteiger partial charge in [-0.1, -0.05) is 36.9 Å². The van der Waals surface area contributed by atoms with E-state index in [1.165, 1.54) is 0 Å². The molecule has 0 spiro atoms. The minimum Gasteiger partial charge on any atom is -0.494 e. The molecule has 0 aromatic heterocycles. The Morgan fingerprint density at radius 3 is 2.03 bits per heavy atom. The molecular formula is C26H32O5. The van der Waals surface area contributed by atoms with Gasteiger partial charge in [0.1, 0.15) is 12.4 Å². The third kappa shape index (κ3) is 10.4. The molecule has 0 radical (unpaired) electrons. The molecule has 166 valence electrons. The lowest BCUT2D eigenvalue weighted by Gasteiger charge is -2.08. The van der Waals surface area contributed by atoms with E-state index in [0.717, 1.165) is 25.0 Å². The number of hydrogen-bond donors (Lipinski definition) is 0. The first-order chi connectivity index (χ1) is 15.1. The lowest BCUT2D eigenvalue weighted by molar-refractivity contribution is -0.140. The second-order valence-electron chi connectivity index (χ2n) is 6.66. The molecule has 0 unspecified atom stereocenters. The highest BCUT2D eigenvalue weighted by Gasteiger charge is 2.08. The average molecular weight is 425 g/mol. The van der Waals surface area contributed by atoms with Crippen LogP contribution in [0.4, 0.5) is 0 Å². The molecule has 2 aromatic carbocycles. The lowest BCUT2D eigenvalue weighted by atomic mass is 10.0. The van der Waals surface area contributed by atoms with Gasteiger partial charge in [-0.3, -0.25) is 4.79 Å². The van der Waals surface area contributed by atoms with Gasteiger partial charge >= 0.3 is 5.97 Å². The van der Waals surface area contributed by atoms with Crippen molar-refractivity contribution >= 4 is 11.8 Å². The molecule has 2 aromatic rings. The van der Waals surface area contributed by atoms with Crippen LogP contribution in [0.1, 0.15) is 42.1 Å². The Balaban J connectivity index is 0.00000233. The SMILES string of the molecule is C=C.C=C(C)C(=O)OCCOCCCCCOc1ccc(C(=O)c2ccccc2)cc1. The van der Waals surface area contributed by atoms with Crippen LogP contribution in [0.15, 0.2) is 79.9 Å². The molecule has 0 aliphatic carbocycles. The second-order valence-corrected chi connectivity index (χ2v) is 6.66. The van der Waals surface area contributed by atoms with E-state index in [1.807, 2.05) is 42.5 Å². The summed E-state index contributed by atoms with van der Waals surface area (Å²) in [6, 6.07) is 16.5. The van der Waals surface area contributed by atoms with Crippen molar-refractivity contribution in [1.29, 1.82) is 0 Å². The number of hydrogen-bond acceptors (Lipinski definition) is 5. The zero-order valence-electron chi connectivity index (χ0n) is 18.3. The minimum atomic E-state index is -0.386. The number of rotatable bonds is 13.